The number of halogens is 1. The van der Waals surface area contributed by atoms with Gasteiger partial charge in [-0.15, -0.1) is 11.3 Å². The smallest absolute Gasteiger partial charge is 0.309 e. The Bertz CT molecular complexity index is 756. The highest BCUT2D eigenvalue weighted by molar-refractivity contribution is 9.10. The zero-order valence-corrected chi connectivity index (χ0v) is 16.1. The van der Waals surface area contributed by atoms with E-state index in [1.807, 2.05) is 29.6 Å². The minimum atomic E-state index is -0.362. The molecule has 25 heavy (non-hydrogen) atoms. The van der Waals surface area contributed by atoms with Gasteiger partial charge in [0.2, 0.25) is 0 Å². The number of hydrogen-bond donors (Lipinski definition) is 1. The highest BCUT2D eigenvalue weighted by Gasteiger charge is 2.23. The lowest BCUT2D eigenvalue weighted by molar-refractivity contribution is -0.152. The van der Waals surface area contributed by atoms with E-state index >= 15 is 0 Å². The normalized spacial score (nSPS) is 14.9. The summed E-state index contributed by atoms with van der Waals surface area (Å²) >= 11 is 4.77. The second-order valence-corrected chi connectivity index (χ2v) is 7.81. The molecule has 1 saturated carbocycles. The van der Waals surface area contributed by atoms with E-state index in [4.69, 9.17) is 4.74 Å². The maximum atomic E-state index is 12.0. The van der Waals surface area contributed by atoms with Gasteiger partial charge in [-0.3, -0.25) is 14.9 Å². The van der Waals surface area contributed by atoms with Gasteiger partial charge in [0.25, 0.3) is 5.91 Å². The van der Waals surface area contributed by atoms with Gasteiger partial charge in [0, 0.05) is 15.4 Å². The Balaban J connectivity index is 1.50. The molecule has 132 valence electrons. The van der Waals surface area contributed by atoms with Gasteiger partial charge in [0.15, 0.2) is 11.7 Å². The van der Waals surface area contributed by atoms with Crippen molar-refractivity contribution in [2.45, 2.75) is 32.1 Å². The van der Waals surface area contributed by atoms with Crippen molar-refractivity contribution in [3.05, 3.63) is 34.1 Å². The van der Waals surface area contributed by atoms with Crippen LogP contribution < -0.4 is 5.32 Å². The summed E-state index contributed by atoms with van der Waals surface area (Å²) in [5.74, 6) is -0.673. The van der Waals surface area contributed by atoms with E-state index in [1.165, 1.54) is 17.8 Å². The predicted molar refractivity (Wildman–Crippen MR) is 101 cm³/mol. The summed E-state index contributed by atoms with van der Waals surface area (Å²) in [6.07, 6.45) is 5.02. The molecule has 0 spiro atoms. The molecule has 0 atom stereocenters. The van der Waals surface area contributed by atoms with E-state index in [0.29, 0.717) is 5.13 Å². The minimum Gasteiger partial charge on any atom is -0.455 e. The second kappa shape index (κ2) is 8.58. The summed E-state index contributed by atoms with van der Waals surface area (Å²) in [4.78, 5) is 28.3. The number of hydrogen-bond acceptors (Lipinski definition) is 5. The average Bonchev–Trinajstić information content (AvgIpc) is 3.09. The monoisotopic (exact) mass is 422 g/mol. The van der Waals surface area contributed by atoms with Crippen LogP contribution in [0, 0.1) is 5.92 Å². The molecule has 1 N–H and O–H groups in total. The lowest BCUT2D eigenvalue weighted by Crippen LogP contribution is -2.25. The van der Waals surface area contributed by atoms with E-state index in [1.54, 1.807) is 0 Å². The Morgan fingerprint density at radius 1 is 1.28 bits per heavy atom. The Morgan fingerprint density at radius 3 is 2.84 bits per heavy atom. The Labute approximate surface area is 158 Å². The molecule has 1 aromatic carbocycles. The molecule has 7 heteroatoms. The molecule has 5 nitrogen and oxygen atoms in total. The van der Waals surface area contributed by atoms with Crippen molar-refractivity contribution < 1.29 is 14.3 Å². The van der Waals surface area contributed by atoms with Crippen LogP contribution in [-0.4, -0.2) is 23.5 Å². The summed E-state index contributed by atoms with van der Waals surface area (Å²) in [6, 6.07) is 7.80. The Morgan fingerprint density at radius 2 is 2.08 bits per heavy atom. The standard InChI is InChI=1S/C18H19BrN2O3S/c19-14-8-4-7-13(9-14)15-11-25-18(20-15)21-16(22)10-24-17(23)12-5-2-1-3-6-12/h4,7-9,11-12H,1-3,5-6,10H2,(H,20,21,22). The molecule has 1 aromatic heterocycles. The van der Waals surface area contributed by atoms with Gasteiger partial charge in [0.05, 0.1) is 11.6 Å². The number of rotatable bonds is 5. The number of anilines is 1. The third kappa shape index (κ3) is 5.12. The van der Waals surface area contributed by atoms with Crippen molar-refractivity contribution in [3.8, 4) is 11.3 Å². The van der Waals surface area contributed by atoms with Crippen molar-refractivity contribution in [1.29, 1.82) is 0 Å². The van der Waals surface area contributed by atoms with E-state index in [9.17, 15) is 9.59 Å². The molecule has 0 aliphatic heterocycles. The van der Waals surface area contributed by atoms with Gasteiger partial charge >= 0.3 is 5.97 Å². The van der Waals surface area contributed by atoms with Crippen LogP contribution in [0.3, 0.4) is 0 Å². The van der Waals surface area contributed by atoms with Gasteiger partial charge in [-0.05, 0) is 25.0 Å². The van der Waals surface area contributed by atoms with E-state index < -0.39 is 0 Å². The van der Waals surface area contributed by atoms with Crippen LogP contribution in [0.5, 0.6) is 0 Å². The molecule has 1 fully saturated rings. The predicted octanol–water partition coefficient (Wildman–Crippen LogP) is 4.63. The number of carbonyl (C=O) groups excluding carboxylic acids is 2. The Kier molecular flexibility index (Phi) is 6.20. The third-order valence-corrected chi connectivity index (χ3v) is 5.41. The van der Waals surface area contributed by atoms with Gasteiger partial charge < -0.3 is 4.74 Å². The first kappa shape index (κ1) is 18.1. The highest BCUT2D eigenvalue weighted by Crippen LogP contribution is 2.27. The molecule has 0 radical (unpaired) electrons. The molecular formula is C18H19BrN2O3S. The molecule has 0 saturated heterocycles. The number of amides is 1. The quantitative estimate of drug-likeness (QED) is 0.712. The topological polar surface area (TPSA) is 68.3 Å². The van der Waals surface area contributed by atoms with Crippen LogP contribution in [0.2, 0.25) is 0 Å². The summed E-state index contributed by atoms with van der Waals surface area (Å²) in [7, 11) is 0. The van der Waals surface area contributed by atoms with Gasteiger partial charge in [0.1, 0.15) is 0 Å². The zero-order chi connectivity index (χ0) is 17.6. The molecule has 1 heterocycles. The first-order valence-corrected chi connectivity index (χ1v) is 9.97. The van der Waals surface area contributed by atoms with Crippen LogP contribution in [0.25, 0.3) is 11.3 Å². The number of esters is 1. The molecule has 0 unspecified atom stereocenters. The van der Waals surface area contributed by atoms with Crippen LogP contribution >= 0.6 is 27.3 Å². The number of ether oxygens (including phenoxy) is 1. The summed E-state index contributed by atoms with van der Waals surface area (Å²) in [6.45, 7) is -0.263. The maximum Gasteiger partial charge on any atom is 0.309 e. The fourth-order valence-electron chi connectivity index (χ4n) is 2.86. The van der Waals surface area contributed by atoms with Crippen LogP contribution in [0.4, 0.5) is 5.13 Å². The van der Waals surface area contributed by atoms with Crippen molar-refractivity contribution in [2.24, 2.45) is 5.92 Å². The summed E-state index contributed by atoms with van der Waals surface area (Å²) < 4.78 is 6.11. The number of nitrogens with one attached hydrogen (secondary N) is 1. The fourth-order valence-corrected chi connectivity index (χ4v) is 3.99. The van der Waals surface area contributed by atoms with Crippen molar-refractivity contribution in [3.63, 3.8) is 0 Å². The van der Waals surface area contributed by atoms with Crippen LogP contribution in [-0.2, 0) is 14.3 Å². The van der Waals surface area contributed by atoms with E-state index in [0.717, 1.165) is 41.4 Å². The molecule has 3 rings (SSSR count). The number of aromatic nitrogens is 1. The van der Waals surface area contributed by atoms with Crippen molar-refractivity contribution in [2.75, 3.05) is 11.9 Å². The first-order valence-electron chi connectivity index (χ1n) is 8.30. The summed E-state index contributed by atoms with van der Waals surface area (Å²) in [5, 5.41) is 5.06. The number of carbonyl (C=O) groups is 2. The van der Waals surface area contributed by atoms with E-state index in [-0.39, 0.29) is 24.4 Å². The second-order valence-electron chi connectivity index (χ2n) is 6.04. The zero-order valence-electron chi connectivity index (χ0n) is 13.7. The molecule has 2 aromatic rings. The molecule has 0 bridgehead atoms. The third-order valence-electron chi connectivity index (χ3n) is 4.15. The maximum absolute atomic E-state index is 12.0. The fraction of sp³-hybridized carbons (Fsp3) is 0.389. The van der Waals surface area contributed by atoms with Crippen molar-refractivity contribution in [1.82, 2.24) is 4.98 Å². The summed E-state index contributed by atoms with van der Waals surface area (Å²) in [5.41, 5.74) is 1.76. The van der Waals surface area contributed by atoms with E-state index in [2.05, 4.69) is 26.2 Å². The SMILES string of the molecule is O=C(COC(=O)C1CCCCC1)Nc1nc(-c2cccc(Br)c2)cs1. The van der Waals surface area contributed by atoms with Gasteiger partial charge in [-0.25, -0.2) is 4.98 Å². The average molecular weight is 423 g/mol. The first-order chi connectivity index (χ1) is 12.1. The lowest BCUT2D eigenvalue weighted by Gasteiger charge is -2.19. The Hall–Kier alpha value is -1.73. The molecule has 1 amide bonds. The molecular weight excluding hydrogens is 404 g/mol. The number of benzene rings is 1. The van der Waals surface area contributed by atoms with Gasteiger partial charge in [-0.1, -0.05) is 47.3 Å². The molecule has 1 aliphatic rings. The highest BCUT2D eigenvalue weighted by atomic mass is 79.9. The van der Waals surface area contributed by atoms with Crippen LogP contribution in [0.1, 0.15) is 32.1 Å². The largest absolute Gasteiger partial charge is 0.455 e. The molecule has 1 aliphatic carbocycles. The van der Waals surface area contributed by atoms with Crippen molar-refractivity contribution >= 4 is 44.3 Å². The number of nitrogens with zero attached hydrogens (tertiary/aromatic N) is 1. The van der Waals surface area contributed by atoms with Gasteiger partial charge in [-0.2, -0.15) is 0 Å². The lowest BCUT2D eigenvalue weighted by atomic mass is 9.89. The van der Waals surface area contributed by atoms with Crippen LogP contribution in [0.15, 0.2) is 34.1 Å². The minimum absolute atomic E-state index is 0.0513. The number of thiazole rings is 1.